The number of nitrogens with one attached hydrogen (secondary N) is 1. The van der Waals surface area contributed by atoms with Crippen molar-refractivity contribution >= 4 is 17.5 Å². The van der Waals surface area contributed by atoms with Crippen molar-refractivity contribution in [3.8, 4) is 11.5 Å². The number of benzene rings is 1. The second kappa shape index (κ2) is 7.69. The maximum absolute atomic E-state index is 13.9. The molecule has 2 amide bonds. The molecule has 2 aliphatic rings. The maximum atomic E-state index is 13.9. The van der Waals surface area contributed by atoms with Crippen LogP contribution in [-0.2, 0) is 11.3 Å². The molecule has 1 fully saturated rings. The van der Waals surface area contributed by atoms with Crippen molar-refractivity contribution in [1.29, 1.82) is 0 Å². The second-order valence-corrected chi connectivity index (χ2v) is 9.33. The molecule has 2 aromatic heterocycles. The lowest BCUT2D eigenvalue weighted by Crippen LogP contribution is -2.65. The van der Waals surface area contributed by atoms with E-state index in [1.54, 1.807) is 11.2 Å². The summed E-state index contributed by atoms with van der Waals surface area (Å²) in [5.74, 6) is 0.398. The van der Waals surface area contributed by atoms with E-state index in [2.05, 4.69) is 11.4 Å². The van der Waals surface area contributed by atoms with Gasteiger partial charge in [0.05, 0.1) is 18.5 Å². The van der Waals surface area contributed by atoms with E-state index < -0.39 is 5.54 Å². The predicted molar refractivity (Wildman–Crippen MR) is 124 cm³/mol. The first-order chi connectivity index (χ1) is 15.4. The molecule has 32 heavy (non-hydrogen) atoms. The van der Waals surface area contributed by atoms with E-state index in [0.717, 1.165) is 48.2 Å². The van der Waals surface area contributed by atoms with Crippen LogP contribution in [0.25, 0.3) is 11.5 Å². The number of anilines is 1. The molecule has 1 unspecified atom stereocenters. The Labute approximate surface area is 188 Å². The molecule has 1 atom stereocenters. The molecule has 1 aliphatic carbocycles. The van der Waals surface area contributed by atoms with Crippen LogP contribution < -0.4 is 10.2 Å². The molecule has 0 radical (unpaired) electrons. The molecule has 0 saturated heterocycles. The van der Waals surface area contributed by atoms with E-state index in [1.165, 1.54) is 0 Å². The molecule has 1 saturated carbocycles. The first-order valence-corrected chi connectivity index (χ1v) is 11.3. The Morgan fingerprint density at radius 1 is 1.09 bits per heavy atom. The molecular weight excluding hydrogens is 402 g/mol. The van der Waals surface area contributed by atoms with Crippen molar-refractivity contribution in [1.82, 2.24) is 9.88 Å². The van der Waals surface area contributed by atoms with Crippen molar-refractivity contribution in [3.05, 3.63) is 65.5 Å². The summed E-state index contributed by atoms with van der Waals surface area (Å²) in [4.78, 5) is 29.4. The van der Waals surface area contributed by atoms with Crippen LogP contribution in [0.3, 0.4) is 0 Å². The monoisotopic (exact) mass is 431 g/mol. The van der Waals surface area contributed by atoms with Gasteiger partial charge in [0, 0.05) is 11.7 Å². The third-order valence-electron chi connectivity index (χ3n) is 6.91. The zero-order chi connectivity index (χ0) is 22.5. The van der Waals surface area contributed by atoms with Crippen molar-refractivity contribution in [2.24, 2.45) is 0 Å². The van der Waals surface area contributed by atoms with Gasteiger partial charge in [-0.1, -0.05) is 30.5 Å². The number of furan rings is 1. The van der Waals surface area contributed by atoms with Crippen LogP contribution in [-0.4, -0.2) is 28.0 Å². The van der Waals surface area contributed by atoms with Crippen LogP contribution in [0.2, 0.25) is 0 Å². The lowest BCUT2D eigenvalue weighted by atomic mass is 9.92. The third-order valence-corrected chi connectivity index (χ3v) is 6.91. The van der Waals surface area contributed by atoms with Crippen LogP contribution >= 0.6 is 0 Å². The number of nitrogens with zero attached hydrogens (tertiary/aromatic N) is 2. The summed E-state index contributed by atoms with van der Waals surface area (Å²) in [5, 5.41) is 3.25. The van der Waals surface area contributed by atoms with Gasteiger partial charge in [-0.3, -0.25) is 14.5 Å². The zero-order valence-corrected chi connectivity index (χ0v) is 18.9. The van der Waals surface area contributed by atoms with Crippen molar-refractivity contribution in [2.75, 3.05) is 4.90 Å². The fourth-order valence-corrected chi connectivity index (χ4v) is 5.20. The van der Waals surface area contributed by atoms with Gasteiger partial charge in [-0.15, -0.1) is 0 Å². The number of hydrogen-bond acceptors (Lipinski definition) is 3. The van der Waals surface area contributed by atoms with E-state index in [-0.39, 0.29) is 17.9 Å². The van der Waals surface area contributed by atoms with Gasteiger partial charge in [-0.2, -0.15) is 0 Å². The average molecular weight is 432 g/mol. The highest BCUT2D eigenvalue weighted by atomic mass is 16.3. The minimum absolute atomic E-state index is 0.109. The first-order valence-electron chi connectivity index (χ1n) is 11.3. The number of fused-ring (bicyclic) bond motifs is 1. The number of amides is 2. The van der Waals surface area contributed by atoms with E-state index in [1.807, 2.05) is 61.7 Å². The van der Waals surface area contributed by atoms with E-state index in [4.69, 9.17) is 4.42 Å². The largest absolute Gasteiger partial charge is 0.463 e. The third kappa shape index (κ3) is 3.25. The number of aromatic nitrogens is 1. The van der Waals surface area contributed by atoms with E-state index in [9.17, 15) is 9.59 Å². The summed E-state index contributed by atoms with van der Waals surface area (Å²) < 4.78 is 7.54. The Morgan fingerprint density at radius 3 is 2.53 bits per heavy atom. The quantitative estimate of drug-likeness (QED) is 0.643. The molecule has 5 rings (SSSR count). The maximum Gasteiger partial charge on any atom is 0.275 e. The normalized spacial score (nSPS) is 21.1. The summed E-state index contributed by atoms with van der Waals surface area (Å²) in [6, 6.07) is 13.6. The fraction of sp³-hybridized carbons (Fsp3) is 0.385. The Hall–Kier alpha value is -3.28. The van der Waals surface area contributed by atoms with Crippen LogP contribution in [0.5, 0.6) is 0 Å². The van der Waals surface area contributed by atoms with E-state index >= 15 is 0 Å². The number of rotatable bonds is 4. The van der Waals surface area contributed by atoms with Gasteiger partial charge >= 0.3 is 0 Å². The minimum atomic E-state index is -1.08. The number of aryl methyl sites for hydroxylation is 2. The summed E-state index contributed by atoms with van der Waals surface area (Å²) in [7, 11) is 0. The van der Waals surface area contributed by atoms with Crippen molar-refractivity contribution in [3.63, 3.8) is 0 Å². The Kier molecular flexibility index (Phi) is 4.96. The smallest absolute Gasteiger partial charge is 0.275 e. The van der Waals surface area contributed by atoms with Crippen molar-refractivity contribution < 1.29 is 14.0 Å². The highest BCUT2D eigenvalue weighted by Gasteiger charge is 2.49. The molecule has 1 aromatic carbocycles. The van der Waals surface area contributed by atoms with Gasteiger partial charge in [0.2, 0.25) is 5.91 Å². The van der Waals surface area contributed by atoms with Gasteiger partial charge in [0.1, 0.15) is 17.0 Å². The number of hydrogen-bond donors (Lipinski definition) is 1. The summed E-state index contributed by atoms with van der Waals surface area (Å²) in [6.45, 7) is 6.25. The second-order valence-electron chi connectivity index (χ2n) is 9.33. The molecule has 6 heteroatoms. The molecule has 3 heterocycles. The molecule has 0 spiro atoms. The van der Waals surface area contributed by atoms with Gasteiger partial charge < -0.3 is 14.3 Å². The van der Waals surface area contributed by atoms with Crippen LogP contribution in [0.1, 0.15) is 54.2 Å². The van der Waals surface area contributed by atoms with Gasteiger partial charge in [-0.05, 0) is 69.5 Å². The number of carbonyl (C=O) groups excluding carboxylic acids is 2. The van der Waals surface area contributed by atoms with Crippen LogP contribution in [0.15, 0.2) is 53.1 Å². The Balaban J connectivity index is 1.63. The molecule has 166 valence electrons. The zero-order valence-electron chi connectivity index (χ0n) is 18.9. The van der Waals surface area contributed by atoms with Crippen LogP contribution in [0.4, 0.5) is 5.69 Å². The lowest BCUT2D eigenvalue weighted by Gasteiger charge is -2.45. The van der Waals surface area contributed by atoms with Gasteiger partial charge in [0.15, 0.2) is 0 Å². The Bertz CT molecular complexity index is 1170. The number of carbonyl (C=O) groups is 2. The SMILES string of the molecule is Cc1ccc(N2C(=O)c3ccc(-c4ccco4)n3CC2(C)C(=O)NC2CCCC2)c(C)c1. The summed E-state index contributed by atoms with van der Waals surface area (Å²) in [5.41, 5.74) is 3.16. The fourth-order valence-electron chi connectivity index (χ4n) is 5.20. The molecule has 3 aromatic rings. The van der Waals surface area contributed by atoms with E-state index in [0.29, 0.717) is 18.0 Å². The molecule has 1 aliphatic heterocycles. The standard InChI is InChI=1S/C26H29N3O3/c1-17-10-11-20(18(2)15-17)29-24(30)22-13-12-21(23-9-6-14-32-23)28(22)16-26(29,3)25(31)27-19-7-4-5-8-19/h6,9-15,19H,4-5,7-8,16H2,1-3H3,(H,27,31). The Morgan fingerprint density at radius 2 is 1.84 bits per heavy atom. The van der Waals surface area contributed by atoms with Gasteiger partial charge in [-0.25, -0.2) is 0 Å². The predicted octanol–water partition coefficient (Wildman–Crippen LogP) is 4.84. The molecular formula is C26H29N3O3. The van der Waals surface area contributed by atoms with Gasteiger partial charge in [0.25, 0.3) is 5.91 Å². The van der Waals surface area contributed by atoms with Crippen molar-refractivity contribution in [2.45, 2.75) is 64.6 Å². The highest BCUT2D eigenvalue weighted by molar-refractivity contribution is 6.12. The molecule has 0 bridgehead atoms. The molecule has 6 nitrogen and oxygen atoms in total. The first kappa shape index (κ1) is 20.6. The summed E-state index contributed by atoms with van der Waals surface area (Å²) in [6.07, 6.45) is 5.86. The summed E-state index contributed by atoms with van der Waals surface area (Å²) >= 11 is 0. The van der Waals surface area contributed by atoms with Crippen LogP contribution in [0, 0.1) is 13.8 Å². The highest BCUT2D eigenvalue weighted by Crippen LogP contribution is 2.38. The topological polar surface area (TPSA) is 67.5 Å². The molecule has 1 N–H and O–H groups in total. The lowest BCUT2D eigenvalue weighted by molar-refractivity contribution is -0.127. The average Bonchev–Trinajstić information content (AvgIpc) is 3.50. The minimum Gasteiger partial charge on any atom is -0.463 e.